The van der Waals surface area contributed by atoms with Crippen LogP contribution in [0.4, 0.5) is 0 Å². The topological polar surface area (TPSA) is 3.24 Å². The number of piperidine rings is 1. The predicted octanol–water partition coefficient (Wildman–Crippen LogP) is 5.85. The normalized spacial score (nSPS) is 18.7. The van der Waals surface area contributed by atoms with E-state index in [1.54, 1.807) is 0 Å². The first-order valence-corrected chi connectivity index (χ1v) is 9.10. The highest BCUT2D eigenvalue weighted by molar-refractivity contribution is 6.31. The maximum Gasteiger partial charge on any atom is 0.0443 e. The number of hydrogen-bond donors (Lipinski definition) is 0. The van der Waals surface area contributed by atoms with Gasteiger partial charge in [0.2, 0.25) is 0 Å². The molecule has 0 unspecified atom stereocenters. The summed E-state index contributed by atoms with van der Waals surface area (Å²) in [5, 5.41) is 0.907. The van der Waals surface area contributed by atoms with Gasteiger partial charge in [-0.1, -0.05) is 69.3 Å². The van der Waals surface area contributed by atoms with E-state index in [-0.39, 0.29) is 5.41 Å². The summed E-state index contributed by atoms with van der Waals surface area (Å²) in [6.45, 7) is 14.2. The lowest BCUT2D eigenvalue weighted by Crippen LogP contribution is -2.41. The van der Waals surface area contributed by atoms with E-state index in [9.17, 15) is 0 Å². The Morgan fingerprint density at radius 2 is 1.96 bits per heavy atom. The second kappa shape index (κ2) is 8.17. The Bertz CT molecular complexity index is 551. The molecule has 1 aliphatic heterocycles. The summed E-state index contributed by atoms with van der Waals surface area (Å²) in [4.78, 5) is 2.51. The molecule has 2 rings (SSSR count). The van der Waals surface area contributed by atoms with Crippen LogP contribution in [0, 0.1) is 5.92 Å². The van der Waals surface area contributed by atoms with Crippen molar-refractivity contribution in [2.24, 2.45) is 5.92 Å². The second-order valence-corrected chi connectivity index (χ2v) is 7.91. The predicted molar refractivity (Wildman–Crippen MR) is 102 cm³/mol. The van der Waals surface area contributed by atoms with E-state index in [0.29, 0.717) is 5.92 Å². The molecule has 1 aliphatic rings. The van der Waals surface area contributed by atoms with Crippen molar-refractivity contribution in [3.05, 3.63) is 59.2 Å². The van der Waals surface area contributed by atoms with E-state index < -0.39 is 0 Å². The van der Waals surface area contributed by atoms with Gasteiger partial charge in [-0.3, -0.25) is 4.90 Å². The van der Waals surface area contributed by atoms with E-state index in [2.05, 4.69) is 56.5 Å². The summed E-state index contributed by atoms with van der Waals surface area (Å²) in [5.41, 5.74) is 2.72. The molecule has 0 bridgehead atoms. The van der Waals surface area contributed by atoms with E-state index in [1.807, 2.05) is 12.1 Å². The fourth-order valence-corrected chi connectivity index (χ4v) is 3.64. The molecular formula is C21H30ClN. The van der Waals surface area contributed by atoms with Gasteiger partial charge in [-0.25, -0.2) is 0 Å². The molecule has 0 saturated carbocycles. The van der Waals surface area contributed by atoms with Gasteiger partial charge < -0.3 is 0 Å². The molecule has 1 aromatic carbocycles. The van der Waals surface area contributed by atoms with Crippen LogP contribution in [0.25, 0.3) is 0 Å². The van der Waals surface area contributed by atoms with Gasteiger partial charge in [-0.2, -0.15) is 0 Å². The Balaban J connectivity index is 1.87. The van der Waals surface area contributed by atoms with Crippen LogP contribution < -0.4 is 0 Å². The van der Waals surface area contributed by atoms with Crippen molar-refractivity contribution in [3.8, 4) is 0 Å². The number of allylic oxidation sites excluding steroid dienone is 1. The summed E-state index contributed by atoms with van der Waals surface area (Å²) >= 11 is 6.41. The second-order valence-electron chi connectivity index (χ2n) is 7.51. The summed E-state index contributed by atoms with van der Waals surface area (Å²) in [6.07, 6.45) is 7.88. The molecule has 1 fully saturated rings. The Kier molecular flexibility index (Phi) is 6.50. The highest BCUT2D eigenvalue weighted by Gasteiger charge is 2.32. The monoisotopic (exact) mass is 331 g/mol. The average molecular weight is 332 g/mol. The molecule has 1 saturated heterocycles. The third kappa shape index (κ3) is 5.22. The van der Waals surface area contributed by atoms with E-state index in [0.717, 1.165) is 43.9 Å². The molecule has 0 atom stereocenters. The van der Waals surface area contributed by atoms with Crippen molar-refractivity contribution in [1.82, 2.24) is 4.90 Å². The van der Waals surface area contributed by atoms with Gasteiger partial charge in [0.1, 0.15) is 0 Å². The van der Waals surface area contributed by atoms with Crippen LogP contribution in [0.1, 0.15) is 45.6 Å². The molecule has 0 aromatic heterocycles. The Morgan fingerprint density at radius 3 is 2.57 bits per heavy atom. The molecule has 1 aromatic rings. The van der Waals surface area contributed by atoms with Crippen molar-refractivity contribution < 1.29 is 0 Å². The van der Waals surface area contributed by atoms with Crippen LogP contribution in [0.5, 0.6) is 0 Å². The van der Waals surface area contributed by atoms with Crippen LogP contribution >= 0.6 is 11.6 Å². The van der Waals surface area contributed by atoms with Crippen LogP contribution in [-0.2, 0) is 5.41 Å². The number of rotatable bonds is 6. The zero-order chi connectivity index (χ0) is 16.9. The van der Waals surface area contributed by atoms with E-state index in [4.69, 9.17) is 11.6 Å². The summed E-state index contributed by atoms with van der Waals surface area (Å²) in [7, 11) is 0. The number of benzene rings is 1. The largest absolute Gasteiger partial charge is 0.299 e. The Hall–Kier alpha value is -1.05. The maximum absolute atomic E-state index is 6.41. The van der Waals surface area contributed by atoms with Crippen LogP contribution in [0.2, 0.25) is 5.02 Å². The minimum absolute atomic E-state index is 0.198. The van der Waals surface area contributed by atoms with Crippen molar-refractivity contribution in [1.29, 1.82) is 0 Å². The van der Waals surface area contributed by atoms with Gasteiger partial charge in [0.25, 0.3) is 0 Å². The number of halogens is 1. The highest BCUT2D eigenvalue weighted by Crippen LogP contribution is 2.38. The molecule has 0 aliphatic carbocycles. The molecule has 0 amide bonds. The molecule has 0 spiro atoms. The van der Waals surface area contributed by atoms with Crippen molar-refractivity contribution in [2.45, 2.75) is 45.4 Å². The summed E-state index contributed by atoms with van der Waals surface area (Å²) in [5.74, 6) is 0.713. The minimum Gasteiger partial charge on any atom is -0.299 e. The van der Waals surface area contributed by atoms with Gasteiger partial charge >= 0.3 is 0 Å². The van der Waals surface area contributed by atoms with Crippen LogP contribution in [-0.4, -0.2) is 24.5 Å². The van der Waals surface area contributed by atoms with Gasteiger partial charge in [-0.15, -0.1) is 0 Å². The van der Waals surface area contributed by atoms with Crippen molar-refractivity contribution >= 4 is 11.6 Å². The highest BCUT2D eigenvalue weighted by atomic mass is 35.5. The van der Waals surface area contributed by atoms with E-state index >= 15 is 0 Å². The average Bonchev–Trinajstić information content (AvgIpc) is 2.50. The summed E-state index contributed by atoms with van der Waals surface area (Å²) in [6, 6.07) is 8.31. The molecule has 2 heteroatoms. The smallest absolute Gasteiger partial charge is 0.0443 e. The SMILES string of the molecule is C=C(C=CCC(C)C)CN1CCC(C)(c2ccccc2Cl)CC1. The minimum atomic E-state index is 0.198. The third-order valence-electron chi connectivity index (χ3n) is 4.87. The van der Waals surface area contributed by atoms with Gasteiger partial charge in [0.15, 0.2) is 0 Å². The fourth-order valence-electron chi connectivity index (χ4n) is 3.27. The lowest BCUT2D eigenvalue weighted by molar-refractivity contribution is 0.181. The molecule has 1 heterocycles. The lowest BCUT2D eigenvalue weighted by Gasteiger charge is -2.40. The van der Waals surface area contributed by atoms with Gasteiger partial charge in [0, 0.05) is 11.6 Å². The molecule has 126 valence electrons. The summed E-state index contributed by atoms with van der Waals surface area (Å²) < 4.78 is 0. The first-order valence-electron chi connectivity index (χ1n) is 8.72. The van der Waals surface area contributed by atoms with Crippen molar-refractivity contribution in [3.63, 3.8) is 0 Å². The number of hydrogen-bond acceptors (Lipinski definition) is 1. The third-order valence-corrected chi connectivity index (χ3v) is 5.20. The van der Waals surface area contributed by atoms with Crippen molar-refractivity contribution in [2.75, 3.05) is 19.6 Å². The van der Waals surface area contributed by atoms with Gasteiger partial charge in [-0.05, 0) is 60.9 Å². The molecule has 23 heavy (non-hydrogen) atoms. The van der Waals surface area contributed by atoms with Crippen LogP contribution in [0.15, 0.2) is 48.6 Å². The first-order chi connectivity index (χ1) is 10.9. The Morgan fingerprint density at radius 1 is 1.30 bits per heavy atom. The number of likely N-dealkylation sites (tertiary alicyclic amines) is 1. The molecule has 0 radical (unpaired) electrons. The Labute approximate surface area is 147 Å². The molecular weight excluding hydrogens is 302 g/mol. The zero-order valence-electron chi connectivity index (χ0n) is 14.8. The standard InChI is InChI=1S/C21H30ClN/c1-17(2)8-7-9-18(3)16-23-14-12-21(4,13-15-23)19-10-5-6-11-20(19)22/h5-7,9-11,17H,3,8,12-16H2,1-2,4H3. The van der Waals surface area contributed by atoms with E-state index in [1.165, 1.54) is 11.1 Å². The quantitative estimate of drug-likeness (QED) is 0.591. The van der Waals surface area contributed by atoms with Gasteiger partial charge in [0.05, 0.1) is 0 Å². The molecule has 0 N–H and O–H groups in total. The van der Waals surface area contributed by atoms with Crippen LogP contribution in [0.3, 0.4) is 0 Å². The fraction of sp³-hybridized carbons (Fsp3) is 0.524. The molecule has 1 nitrogen and oxygen atoms in total. The number of nitrogens with zero attached hydrogens (tertiary/aromatic N) is 1. The first kappa shape index (κ1) is 18.3. The zero-order valence-corrected chi connectivity index (χ0v) is 15.6. The lowest BCUT2D eigenvalue weighted by atomic mass is 9.74. The maximum atomic E-state index is 6.41.